The fourth-order valence-electron chi connectivity index (χ4n) is 9.19. The first-order valence-corrected chi connectivity index (χ1v) is 27.6. The van der Waals surface area contributed by atoms with Gasteiger partial charge in [0.25, 0.3) is 0 Å². The second-order valence-corrected chi connectivity index (χ2v) is 24.4. The summed E-state index contributed by atoms with van der Waals surface area (Å²) < 4.78 is 27.5. The molecule has 0 aliphatic carbocycles. The fraction of sp³-hybridized carbons (Fsp3) is 0.541. The zero-order valence-corrected chi connectivity index (χ0v) is 49.0. The molecule has 3 amide bonds. The molecule has 0 aromatic heterocycles. The number of benzene rings is 4. The van der Waals surface area contributed by atoms with Gasteiger partial charge in [-0.1, -0.05) is 36.4 Å². The number of nitrogens with two attached hydrogens (primary N) is 4. The van der Waals surface area contributed by atoms with Crippen molar-refractivity contribution >= 4 is 52.7 Å². The number of anilines is 5. The number of ether oxygens (including phenoxy) is 5. The second-order valence-electron chi connectivity index (χ2n) is 24.4. The first-order chi connectivity index (χ1) is 36.9. The number of nitrogen functional groups attached to an aromatic ring is 4. The molecule has 4 aliphatic heterocycles. The lowest BCUT2D eigenvalue weighted by Crippen LogP contribution is -2.50. The lowest BCUT2D eigenvalue weighted by atomic mass is 9.84. The molecule has 4 aromatic carbocycles. The average molecular weight is 1090 g/mol. The molecular formula is C61H91N9O9. The summed E-state index contributed by atoms with van der Waals surface area (Å²) in [6.45, 7) is 28.7. The van der Waals surface area contributed by atoms with Gasteiger partial charge in [0.15, 0.2) is 0 Å². The lowest BCUT2D eigenvalue weighted by molar-refractivity contribution is -0.158. The monoisotopic (exact) mass is 1090 g/mol. The molecule has 8 rings (SSSR count). The van der Waals surface area contributed by atoms with E-state index >= 15 is 0 Å². The first kappa shape index (κ1) is 62.9. The molecule has 434 valence electrons. The smallest absolute Gasteiger partial charge is 0.410 e. The third-order valence-electron chi connectivity index (χ3n) is 12.9. The van der Waals surface area contributed by atoms with Crippen LogP contribution in [0.3, 0.4) is 0 Å². The summed E-state index contributed by atoms with van der Waals surface area (Å²) in [7, 11) is 0. The van der Waals surface area contributed by atoms with E-state index in [1.54, 1.807) is 9.80 Å². The maximum Gasteiger partial charge on any atom is 0.410 e. The van der Waals surface area contributed by atoms with Crippen LogP contribution in [-0.4, -0.2) is 126 Å². The molecule has 0 bridgehead atoms. The van der Waals surface area contributed by atoms with Crippen LogP contribution < -0.4 is 33.2 Å². The van der Waals surface area contributed by atoms with Crippen molar-refractivity contribution in [3.63, 3.8) is 0 Å². The summed E-state index contributed by atoms with van der Waals surface area (Å²) in [5, 5.41) is 3.30. The van der Waals surface area contributed by atoms with Crippen molar-refractivity contribution in [3.05, 3.63) is 114 Å². The number of rotatable bonds is 5. The summed E-state index contributed by atoms with van der Waals surface area (Å²) in [4.78, 5) is 56.1. The number of piperazine rings is 1. The van der Waals surface area contributed by atoms with Gasteiger partial charge in [0.2, 0.25) is 0 Å². The van der Waals surface area contributed by atoms with E-state index in [2.05, 4.69) is 10.2 Å². The number of hydrogen-bond acceptors (Lipinski definition) is 15. The molecule has 18 nitrogen and oxygen atoms in total. The molecule has 4 fully saturated rings. The number of nitrogens with zero attached hydrogens (tertiary/aromatic N) is 4. The van der Waals surface area contributed by atoms with Crippen LogP contribution in [0.25, 0.3) is 0 Å². The Hall–Kier alpha value is -6.92. The second kappa shape index (κ2) is 27.8. The minimum absolute atomic E-state index is 0.107. The molecular weight excluding hydrogens is 1000 g/mol. The summed E-state index contributed by atoms with van der Waals surface area (Å²) in [6.07, 6.45) is 3.16. The normalized spacial score (nSPS) is 19.7. The number of nitrogens with one attached hydrogen (secondary N) is 1. The zero-order chi connectivity index (χ0) is 58.3. The SMILES string of the molecule is CC(C)(C)OC(=O)C1NCCCC1c1ccc(N)cc1.CC(C)(C)OC(=O)N1CCCC1c1ccc(N)cc1.CC(C)(C)OC(=O)N1CCN(c2ccc(N)cc2)CC1.CC(C)(C)OC(=O)N1CCOC(c2ccc(N)cc2)C1. The van der Waals surface area contributed by atoms with Crippen molar-refractivity contribution in [1.29, 1.82) is 0 Å². The lowest BCUT2D eigenvalue weighted by Gasteiger charge is -2.36. The Morgan fingerprint density at radius 3 is 1.43 bits per heavy atom. The van der Waals surface area contributed by atoms with Crippen molar-refractivity contribution in [3.8, 4) is 0 Å². The summed E-state index contributed by atoms with van der Waals surface area (Å²) >= 11 is 0. The molecule has 4 unspecified atom stereocenters. The van der Waals surface area contributed by atoms with E-state index in [9.17, 15) is 19.2 Å². The maximum absolute atomic E-state index is 12.4. The summed E-state index contributed by atoms with van der Waals surface area (Å²) in [5.41, 5.74) is 28.4. The van der Waals surface area contributed by atoms with E-state index in [4.69, 9.17) is 46.6 Å². The molecule has 18 heteroatoms. The van der Waals surface area contributed by atoms with Crippen molar-refractivity contribution in [1.82, 2.24) is 20.0 Å². The minimum atomic E-state index is -0.480. The fourth-order valence-corrected chi connectivity index (χ4v) is 9.19. The molecule has 0 radical (unpaired) electrons. The summed E-state index contributed by atoms with van der Waals surface area (Å²) in [5.74, 6) is -0.0155. The molecule has 4 atom stereocenters. The van der Waals surface area contributed by atoms with Crippen molar-refractivity contribution in [2.45, 2.75) is 155 Å². The largest absolute Gasteiger partial charge is 0.459 e. The molecule has 79 heavy (non-hydrogen) atoms. The first-order valence-electron chi connectivity index (χ1n) is 27.6. The van der Waals surface area contributed by atoms with E-state index in [0.29, 0.717) is 38.5 Å². The van der Waals surface area contributed by atoms with Gasteiger partial charge in [0.1, 0.15) is 34.6 Å². The number of likely N-dealkylation sites (tertiary alicyclic amines) is 1. The maximum atomic E-state index is 12.4. The molecule has 0 spiro atoms. The highest BCUT2D eigenvalue weighted by molar-refractivity contribution is 5.78. The highest BCUT2D eigenvalue weighted by Crippen LogP contribution is 2.34. The van der Waals surface area contributed by atoms with E-state index < -0.39 is 22.4 Å². The molecule has 0 saturated carbocycles. The van der Waals surface area contributed by atoms with E-state index in [0.717, 1.165) is 91.3 Å². The van der Waals surface area contributed by atoms with Crippen LogP contribution in [0.15, 0.2) is 97.1 Å². The number of hydrogen-bond donors (Lipinski definition) is 5. The number of amides is 3. The van der Waals surface area contributed by atoms with Crippen molar-refractivity contribution in [2.24, 2.45) is 0 Å². The highest BCUT2D eigenvalue weighted by Gasteiger charge is 2.36. The van der Waals surface area contributed by atoms with E-state index in [-0.39, 0.29) is 48.4 Å². The van der Waals surface area contributed by atoms with Crippen LogP contribution in [-0.2, 0) is 28.5 Å². The van der Waals surface area contributed by atoms with Gasteiger partial charge in [-0.2, -0.15) is 0 Å². The Balaban J connectivity index is 0.000000194. The number of piperidine rings is 1. The van der Waals surface area contributed by atoms with Gasteiger partial charge in [-0.15, -0.1) is 0 Å². The van der Waals surface area contributed by atoms with Crippen LogP contribution in [0.1, 0.15) is 144 Å². The Bertz CT molecular complexity index is 2550. The highest BCUT2D eigenvalue weighted by atomic mass is 16.6. The Morgan fingerprint density at radius 1 is 0.494 bits per heavy atom. The van der Waals surface area contributed by atoms with Crippen molar-refractivity contribution in [2.75, 3.05) is 86.8 Å². The van der Waals surface area contributed by atoms with Crippen LogP contribution in [0.5, 0.6) is 0 Å². The summed E-state index contributed by atoms with van der Waals surface area (Å²) in [6, 6.07) is 30.7. The zero-order valence-electron chi connectivity index (χ0n) is 49.0. The predicted molar refractivity (Wildman–Crippen MR) is 314 cm³/mol. The van der Waals surface area contributed by atoms with E-state index in [1.807, 2.05) is 185 Å². The van der Waals surface area contributed by atoms with Crippen LogP contribution in [0.2, 0.25) is 0 Å². The van der Waals surface area contributed by atoms with Gasteiger partial charge in [-0.05, 0) is 193 Å². The number of morpholine rings is 1. The van der Waals surface area contributed by atoms with E-state index in [1.165, 1.54) is 0 Å². The quantitative estimate of drug-likeness (QED) is 0.0709. The molecule has 9 N–H and O–H groups in total. The van der Waals surface area contributed by atoms with Gasteiger partial charge in [0.05, 0.1) is 19.2 Å². The van der Waals surface area contributed by atoms with Gasteiger partial charge in [-0.3, -0.25) is 4.79 Å². The van der Waals surface area contributed by atoms with Gasteiger partial charge in [0, 0.05) is 73.6 Å². The number of esters is 1. The van der Waals surface area contributed by atoms with Gasteiger partial charge < -0.3 is 71.5 Å². The van der Waals surface area contributed by atoms with Gasteiger partial charge >= 0.3 is 24.2 Å². The Labute approximate surface area is 469 Å². The Kier molecular flexibility index (Phi) is 22.1. The third kappa shape index (κ3) is 21.3. The van der Waals surface area contributed by atoms with Crippen LogP contribution >= 0.6 is 0 Å². The molecule has 4 aliphatic rings. The molecule has 4 heterocycles. The minimum Gasteiger partial charge on any atom is -0.459 e. The Morgan fingerprint density at radius 2 is 0.937 bits per heavy atom. The number of carbonyl (C=O) groups excluding carboxylic acids is 4. The van der Waals surface area contributed by atoms with Crippen LogP contribution in [0, 0.1) is 0 Å². The number of carbonyl (C=O) groups is 4. The molecule has 4 aromatic rings. The predicted octanol–water partition coefficient (Wildman–Crippen LogP) is 10.7. The topological polar surface area (TPSA) is 244 Å². The van der Waals surface area contributed by atoms with Crippen molar-refractivity contribution < 1.29 is 42.9 Å². The van der Waals surface area contributed by atoms with Gasteiger partial charge in [-0.25, -0.2) is 14.4 Å². The standard InChI is InChI=1S/C16H24N2O2.C15H23N3O2.C15H22N2O3.C15H22N2O2/c1-16(2,3)20-15(19)14-13(5-4-10-18-14)11-6-8-12(17)9-7-11;1-15(2,3)20-14(19)18-10-8-17(9-11-18)13-6-4-12(16)5-7-13;1-15(2,3)20-14(18)17-8-9-19-13(10-17)11-4-6-12(16)7-5-11;1-15(2,3)19-14(18)17-10-4-5-13(17)11-6-8-12(16)9-7-11/h6-9,13-14,18H,4-5,10,17H2,1-3H3;4-7H,8-11,16H2,1-3H3;4-7,13H,8-10,16H2,1-3H3;6-9,13H,4-5,10,16H2,1-3H3. The average Bonchev–Trinajstić information content (AvgIpc) is 3.89. The molecule has 4 saturated heterocycles. The third-order valence-corrected chi connectivity index (χ3v) is 12.9. The van der Waals surface area contributed by atoms with Crippen LogP contribution in [0.4, 0.5) is 42.8 Å².